The van der Waals surface area contributed by atoms with Crippen LogP contribution in [0.2, 0.25) is 0 Å². The molecule has 3 aromatic rings. The highest BCUT2D eigenvalue weighted by Crippen LogP contribution is 2.44. The molecule has 1 unspecified atom stereocenters. The number of aryl methyl sites for hydroxylation is 2. The molecule has 1 saturated heterocycles. The summed E-state index contributed by atoms with van der Waals surface area (Å²) in [6.45, 7) is 8.49. The zero-order chi connectivity index (χ0) is 25.1. The normalized spacial score (nSPS) is 17.0. The minimum Gasteiger partial charge on any atom is -0.507 e. The number of anilines is 1. The molecule has 0 saturated carbocycles. The van der Waals surface area contributed by atoms with Gasteiger partial charge in [0.05, 0.1) is 30.4 Å². The number of ether oxygens (including phenoxy) is 2. The van der Waals surface area contributed by atoms with E-state index in [1.165, 1.54) is 4.90 Å². The van der Waals surface area contributed by atoms with Crippen molar-refractivity contribution in [1.82, 2.24) is 0 Å². The first kappa shape index (κ1) is 24.1. The van der Waals surface area contributed by atoms with E-state index in [4.69, 9.17) is 9.47 Å². The third-order valence-corrected chi connectivity index (χ3v) is 6.15. The molecule has 4 rings (SSSR count). The number of benzene rings is 3. The number of amides is 1. The maximum absolute atomic E-state index is 13.4. The van der Waals surface area contributed by atoms with Gasteiger partial charge in [0.2, 0.25) is 0 Å². The highest BCUT2D eigenvalue weighted by molar-refractivity contribution is 6.51. The summed E-state index contributed by atoms with van der Waals surface area (Å²) in [5.74, 6) is -0.753. The lowest BCUT2D eigenvalue weighted by Gasteiger charge is -2.26. The second-order valence-corrected chi connectivity index (χ2v) is 8.37. The largest absolute Gasteiger partial charge is 0.507 e. The Labute approximate surface area is 205 Å². The van der Waals surface area contributed by atoms with Gasteiger partial charge in [-0.1, -0.05) is 36.4 Å². The molecule has 0 bridgehead atoms. The van der Waals surface area contributed by atoms with Gasteiger partial charge in [0.1, 0.15) is 17.3 Å². The third-order valence-electron chi connectivity index (χ3n) is 6.15. The molecule has 1 heterocycles. The lowest BCUT2D eigenvalue weighted by atomic mass is 9.94. The average molecular weight is 472 g/mol. The van der Waals surface area contributed by atoms with E-state index >= 15 is 0 Å². The lowest BCUT2D eigenvalue weighted by Crippen LogP contribution is -2.29. The molecule has 1 fully saturated rings. The summed E-state index contributed by atoms with van der Waals surface area (Å²) in [7, 11) is 0. The molecule has 0 aliphatic carbocycles. The summed E-state index contributed by atoms with van der Waals surface area (Å²) in [5.41, 5.74) is 3.74. The third kappa shape index (κ3) is 4.52. The first-order chi connectivity index (χ1) is 16.9. The lowest BCUT2D eigenvalue weighted by molar-refractivity contribution is -0.132. The summed E-state index contributed by atoms with van der Waals surface area (Å²) in [6.07, 6.45) is 0. The number of hydrogen-bond acceptors (Lipinski definition) is 5. The Kier molecular flexibility index (Phi) is 6.92. The Morgan fingerprint density at radius 3 is 2.26 bits per heavy atom. The van der Waals surface area contributed by atoms with Crippen LogP contribution < -0.4 is 14.4 Å². The molecule has 35 heavy (non-hydrogen) atoms. The average Bonchev–Trinajstić information content (AvgIpc) is 3.12. The Morgan fingerprint density at radius 1 is 0.886 bits per heavy atom. The highest BCUT2D eigenvalue weighted by Gasteiger charge is 2.47. The van der Waals surface area contributed by atoms with Gasteiger partial charge in [0, 0.05) is 11.8 Å². The van der Waals surface area contributed by atoms with E-state index in [-0.39, 0.29) is 11.3 Å². The molecule has 1 atom stereocenters. The number of rotatable bonds is 7. The number of aliphatic hydroxyl groups excluding tert-OH is 1. The molecule has 0 spiro atoms. The van der Waals surface area contributed by atoms with Gasteiger partial charge in [-0.25, -0.2) is 0 Å². The van der Waals surface area contributed by atoms with E-state index in [0.717, 1.165) is 16.7 Å². The molecule has 1 aliphatic heterocycles. The molecule has 1 amide bonds. The summed E-state index contributed by atoms with van der Waals surface area (Å²) in [4.78, 5) is 28.2. The van der Waals surface area contributed by atoms with Gasteiger partial charge < -0.3 is 14.6 Å². The Hall–Kier alpha value is -4.06. The number of carbonyl (C=O) groups excluding carboxylic acids is 2. The maximum atomic E-state index is 13.4. The number of hydrogen-bond donors (Lipinski definition) is 1. The van der Waals surface area contributed by atoms with Crippen LogP contribution in [0.4, 0.5) is 5.69 Å². The van der Waals surface area contributed by atoms with Gasteiger partial charge in [-0.05, 0) is 68.7 Å². The van der Waals surface area contributed by atoms with Crippen molar-refractivity contribution in [2.24, 2.45) is 0 Å². The monoisotopic (exact) mass is 471 g/mol. The van der Waals surface area contributed by atoms with E-state index < -0.39 is 17.7 Å². The Morgan fingerprint density at radius 2 is 1.60 bits per heavy atom. The van der Waals surface area contributed by atoms with Crippen LogP contribution in [0.25, 0.3) is 5.76 Å². The molecule has 180 valence electrons. The quantitative estimate of drug-likeness (QED) is 0.271. The van der Waals surface area contributed by atoms with Gasteiger partial charge in [0.15, 0.2) is 0 Å². The first-order valence-electron chi connectivity index (χ1n) is 11.7. The predicted octanol–water partition coefficient (Wildman–Crippen LogP) is 5.73. The molecule has 6 nitrogen and oxygen atoms in total. The topological polar surface area (TPSA) is 76.1 Å². The van der Waals surface area contributed by atoms with Crippen molar-refractivity contribution in [1.29, 1.82) is 0 Å². The second-order valence-electron chi connectivity index (χ2n) is 8.37. The van der Waals surface area contributed by atoms with Gasteiger partial charge in [-0.2, -0.15) is 0 Å². The van der Waals surface area contributed by atoms with E-state index in [2.05, 4.69) is 0 Å². The van der Waals surface area contributed by atoms with Crippen LogP contribution in [0.3, 0.4) is 0 Å². The minimum absolute atomic E-state index is 0.0181. The van der Waals surface area contributed by atoms with Crippen molar-refractivity contribution in [3.63, 3.8) is 0 Å². The zero-order valence-corrected chi connectivity index (χ0v) is 20.4. The minimum atomic E-state index is -0.792. The van der Waals surface area contributed by atoms with Crippen LogP contribution in [0, 0.1) is 13.8 Å². The van der Waals surface area contributed by atoms with Gasteiger partial charge in [-0.15, -0.1) is 0 Å². The van der Waals surface area contributed by atoms with Crippen molar-refractivity contribution in [3.8, 4) is 11.5 Å². The van der Waals surface area contributed by atoms with Crippen LogP contribution in [-0.2, 0) is 9.59 Å². The molecule has 6 heteroatoms. The van der Waals surface area contributed by atoms with Crippen molar-refractivity contribution < 1.29 is 24.2 Å². The molecule has 3 aromatic carbocycles. The molecule has 0 radical (unpaired) electrons. The SMILES string of the molecule is CCOc1ccc(/C(O)=C2/C(=O)C(=O)N(c3ccc(C)c(C)c3)C2c2ccccc2)c(OCC)c1. The highest BCUT2D eigenvalue weighted by atomic mass is 16.5. The Balaban J connectivity index is 1.93. The summed E-state index contributed by atoms with van der Waals surface area (Å²) >= 11 is 0. The van der Waals surface area contributed by atoms with E-state index in [0.29, 0.717) is 36.0 Å². The number of aliphatic hydroxyl groups is 1. The number of nitrogens with zero attached hydrogens (tertiary/aromatic N) is 1. The number of ketones is 1. The van der Waals surface area contributed by atoms with Crippen LogP contribution in [0.1, 0.15) is 42.1 Å². The maximum Gasteiger partial charge on any atom is 0.300 e. The summed E-state index contributed by atoms with van der Waals surface area (Å²) in [6, 6.07) is 19.1. The molecule has 1 N–H and O–H groups in total. The fourth-order valence-electron chi connectivity index (χ4n) is 4.30. The fourth-order valence-corrected chi connectivity index (χ4v) is 4.30. The molecular formula is C29H29NO5. The van der Waals surface area contributed by atoms with E-state index in [1.807, 2.05) is 76.2 Å². The molecule has 0 aromatic heterocycles. The summed E-state index contributed by atoms with van der Waals surface area (Å²) < 4.78 is 11.3. The van der Waals surface area contributed by atoms with E-state index in [9.17, 15) is 14.7 Å². The summed E-state index contributed by atoms with van der Waals surface area (Å²) in [5, 5.41) is 11.5. The van der Waals surface area contributed by atoms with Crippen LogP contribution in [0.5, 0.6) is 11.5 Å². The molecule has 1 aliphatic rings. The Bertz CT molecular complexity index is 1300. The van der Waals surface area contributed by atoms with Crippen LogP contribution >= 0.6 is 0 Å². The zero-order valence-electron chi connectivity index (χ0n) is 20.4. The van der Waals surface area contributed by atoms with E-state index in [1.54, 1.807) is 18.2 Å². The van der Waals surface area contributed by atoms with Gasteiger partial charge >= 0.3 is 0 Å². The first-order valence-corrected chi connectivity index (χ1v) is 11.7. The van der Waals surface area contributed by atoms with Gasteiger partial charge in [0.25, 0.3) is 11.7 Å². The predicted molar refractivity (Wildman–Crippen MR) is 136 cm³/mol. The van der Waals surface area contributed by atoms with Crippen molar-refractivity contribution in [2.45, 2.75) is 33.7 Å². The number of Topliss-reactive ketones (excluding diaryl/α,β-unsaturated/α-hetero) is 1. The second kappa shape index (κ2) is 10.1. The van der Waals surface area contributed by atoms with Crippen LogP contribution in [0.15, 0.2) is 72.3 Å². The fraction of sp³-hybridized carbons (Fsp3) is 0.241. The number of carbonyl (C=O) groups is 2. The van der Waals surface area contributed by atoms with Crippen LogP contribution in [-0.4, -0.2) is 30.0 Å². The standard InChI is InChI=1S/C29H29NO5/c1-5-34-22-14-15-23(24(17-22)35-6-2)27(31)25-26(20-10-8-7-9-11-20)30(29(33)28(25)32)21-13-12-18(3)19(4)16-21/h7-17,26,31H,5-6H2,1-4H3/b27-25-. The van der Waals surface area contributed by atoms with Gasteiger partial charge in [-0.3, -0.25) is 14.5 Å². The van der Waals surface area contributed by atoms with Crippen molar-refractivity contribution >= 4 is 23.1 Å². The van der Waals surface area contributed by atoms with Crippen molar-refractivity contribution in [3.05, 3.63) is 94.6 Å². The van der Waals surface area contributed by atoms with Crippen molar-refractivity contribution in [2.75, 3.05) is 18.1 Å². The molecular weight excluding hydrogens is 442 g/mol. The smallest absolute Gasteiger partial charge is 0.300 e.